The summed E-state index contributed by atoms with van der Waals surface area (Å²) in [7, 11) is 9.92. The van der Waals surface area contributed by atoms with Gasteiger partial charge in [0.15, 0.2) is 10.3 Å². The molecule has 3 aromatic heterocycles. The number of hydrogen-bond donors (Lipinski definition) is 1. The fourth-order valence-corrected chi connectivity index (χ4v) is 5.08. The monoisotopic (exact) mass is 604 g/mol. The van der Waals surface area contributed by atoms with E-state index in [0.29, 0.717) is 0 Å². The number of pyridine rings is 1. The van der Waals surface area contributed by atoms with E-state index >= 15 is 0 Å². The van der Waals surface area contributed by atoms with Gasteiger partial charge in [-0.25, -0.2) is 15.0 Å². The largest absolute Gasteiger partial charge is 0.373 e. The molecule has 6 aromatic rings. The number of para-hydroxylation sites is 3. The van der Waals surface area contributed by atoms with E-state index in [2.05, 4.69) is 44.5 Å². The lowest BCUT2D eigenvalue weighted by atomic mass is 10.2. The molecule has 0 amide bonds. The Bertz CT molecular complexity index is 1410. The summed E-state index contributed by atoms with van der Waals surface area (Å²) in [4.78, 5) is 17.4. The number of rotatable bonds is 3. The first-order valence-electron chi connectivity index (χ1n) is 14.5. The van der Waals surface area contributed by atoms with E-state index in [4.69, 9.17) is 0 Å². The van der Waals surface area contributed by atoms with Gasteiger partial charge in [0.25, 0.3) is 0 Å². The van der Waals surface area contributed by atoms with E-state index in [9.17, 15) is 0 Å². The van der Waals surface area contributed by atoms with E-state index in [1.54, 1.807) is 22.7 Å². The smallest absolute Gasteiger partial charge is 0.185 e. The number of nitrogens with zero attached hydrogens (tertiary/aromatic N) is 5. The van der Waals surface area contributed by atoms with Crippen molar-refractivity contribution in [2.75, 3.05) is 50.4 Å². The van der Waals surface area contributed by atoms with Crippen LogP contribution in [0.15, 0.2) is 84.9 Å². The van der Waals surface area contributed by atoms with E-state index in [1.165, 1.54) is 14.8 Å². The van der Waals surface area contributed by atoms with Crippen LogP contribution in [0.2, 0.25) is 0 Å². The number of thiazole rings is 2. The third kappa shape index (κ3) is 10.9. The van der Waals surface area contributed by atoms with Gasteiger partial charge in [-0.05, 0) is 42.5 Å². The Kier molecular flexibility index (Phi) is 17.4. The highest BCUT2D eigenvalue weighted by molar-refractivity contribution is 7.22. The lowest BCUT2D eigenvalue weighted by Gasteiger charge is -2.04. The van der Waals surface area contributed by atoms with Crippen molar-refractivity contribution in [1.29, 1.82) is 0 Å². The number of benzene rings is 3. The van der Waals surface area contributed by atoms with Crippen LogP contribution in [-0.4, -0.2) is 50.2 Å². The lowest BCUT2D eigenvalue weighted by Crippen LogP contribution is -2.07. The summed E-state index contributed by atoms with van der Waals surface area (Å²) in [6, 6.07) is 28.5. The third-order valence-corrected chi connectivity index (χ3v) is 7.59. The minimum atomic E-state index is 0.911. The molecule has 42 heavy (non-hydrogen) atoms. The Morgan fingerprint density at radius 3 is 1.31 bits per heavy atom. The molecule has 0 fully saturated rings. The number of fused-ring (bicyclic) bond motifs is 3. The molecule has 0 aliphatic carbocycles. The van der Waals surface area contributed by atoms with Crippen molar-refractivity contribution in [3.05, 3.63) is 84.9 Å². The van der Waals surface area contributed by atoms with Crippen LogP contribution in [-0.2, 0) is 0 Å². The third-order valence-electron chi connectivity index (χ3n) is 5.18. The SMILES string of the molecule is CC.CC.CC.CN(C)c1nc2ccccc2s1.CN(C)c1nc2ccccc2s1.CNc1ccc2ccccc2n1. The van der Waals surface area contributed by atoms with Gasteiger partial charge in [-0.3, -0.25) is 0 Å². The summed E-state index contributed by atoms with van der Waals surface area (Å²) in [5.41, 5.74) is 3.21. The number of nitrogens with one attached hydrogen (secondary N) is 1. The highest BCUT2D eigenvalue weighted by Crippen LogP contribution is 2.27. The Labute approximate surface area is 261 Å². The average Bonchev–Trinajstić information content (AvgIpc) is 3.70. The van der Waals surface area contributed by atoms with Gasteiger partial charge < -0.3 is 15.1 Å². The Hall–Kier alpha value is -3.75. The van der Waals surface area contributed by atoms with Crippen molar-refractivity contribution in [2.45, 2.75) is 41.5 Å². The molecule has 3 heterocycles. The van der Waals surface area contributed by atoms with Crippen molar-refractivity contribution in [2.24, 2.45) is 0 Å². The van der Waals surface area contributed by atoms with Crippen LogP contribution >= 0.6 is 22.7 Å². The summed E-state index contributed by atoms with van der Waals surface area (Å²) >= 11 is 3.44. The summed E-state index contributed by atoms with van der Waals surface area (Å²) in [5.74, 6) is 0.911. The van der Waals surface area contributed by atoms with Gasteiger partial charge in [0.05, 0.1) is 25.9 Å². The summed E-state index contributed by atoms with van der Waals surface area (Å²) < 4.78 is 2.50. The molecular weight excluding hydrogens is 557 g/mol. The lowest BCUT2D eigenvalue weighted by molar-refractivity contribution is 1.11. The van der Waals surface area contributed by atoms with E-state index in [-0.39, 0.29) is 0 Å². The molecule has 0 aliphatic rings. The maximum absolute atomic E-state index is 4.46. The van der Waals surface area contributed by atoms with Crippen LogP contribution in [0.25, 0.3) is 31.3 Å². The van der Waals surface area contributed by atoms with Gasteiger partial charge in [0.2, 0.25) is 0 Å². The molecule has 0 saturated heterocycles. The normalized spacial score (nSPS) is 9.31. The molecule has 0 radical (unpaired) electrons. The molecule has 226 valence electrons. The quantitative estimate of drug-likeness (QED) is 0.217. The van der Waals surface area contributed by atoms with Crippen LogP contribution in [0.4, 0.5) is 16.1 Å². The highest BCUT2D eigenvalue weighted by Gasteiger charge is 2.04. The van der Waals surface area contributed by atoms with Crippen molar-refractivity contribution in [1.82, 2.24) is 15.0 Å². The van der Waals surface area contributed by atoms with E-state index < -0.39 is 0 Å². The second-order valence-electron chi connectivity index (χ2n) is 8.36. The van der Waals surface area contributed by atoms with Crippen LogP contribution in [0.1, 0.15) is 41.5 Å². The van der Waals surface area contributed by atoms with E-state index in [0.717, 1.165) is 32.6 Å². The Morgan fingerprint density at radius 1 is 0.500 bits per heavy atom. The van der Waals surface area contributed by atoms with Crippen molar-refractivity contribution in [3.63, 3.8) is 0 Å². The van der Waals surface area contributed by atoms with Crippen LogP contribution in [0, 0.1) is 0 Å². The maximum atomic E-state index is 4.46. The zero-order chi connectivity index (χ0) is 31.5. The first kappa shape index (κ1) is 36.3. The molecule has 6 nitrogen and oxygen atoms in total. The van der Waals surface area contributed by atoms with Gasteiger partial charge in [0.1, 0.15) is 5.82 Å². The average molecular weight is 605 g/mol. The van der Waals surface area contributed by atoms with Gasteiger partial charge in [-0.2, -0.15) is 0 Å². The number of anilines is 3. The van der Waals surface area contributed by atoms with Gasteiger partial charge in [-0.1, -0.05) is 107 Å². The predicted molar refractivity (Wildman–Crippen MR) is 193 cm³/mol. The molecule has 0 aliphatic heterocycles. The second kappa shape index (κ2) is 20.2. The summed E-state index contributed by atoms with van der Waals surface area (Å²) in [5, 5.41) is 6.32. The van der Waals surface area contributed by atoms with E-state index in [1.807, 2.05) is 147 Å². The fourth-order valence-electron chi connectivity index (χ4n) is 3.31. The molecule has 0 saturated carbocycles. The molecule has 0 spiro atoms. The Morgan fingerprint density at radius 2 is 0.905 bits per heavy atom. The minimum Gasteiger partial charge on any atom is -0.373 e. The van der Waals surface area contributed by atoms with Crippen molar-refractivity contribution < 1.29 is 0 Å². The van der Waals surface area contributed by atoms with Crippen molar-refractivity contribution in [3.8, 4) is 0 Å². The standard InChI is InChI=1S/C10H10N2.2C9H10N2S.3C2H6/c1-11-10-7-6-8-4-2-3-5-9(8)12-10;2*1-11(2)9-10-7-5-3-4-6-8(7)12-9;3*1-2/h2-7H,1H3,(H,11,12);2*3-6H,1-2H3;3*1-2H3. The summed E-state index contributed by atoms with van der Waals surface area (Å²) in [6.45, 7) is 12.0. The first-order chi connectivity index (χ1) is 20.4. The molecule has 0 atom stereocenters. The topological polar surface area (TPSA) is 57.2 Å². The molecule has 8 heteroatoms. The number of hydrogen-bond acceptors (Lipinski definition) is 8. The zero-order valence-electron chi connectivity index (χ0n) is 27.1. The highest BCUT2D eigenvalue weighted by atomic mass is 32.1. The first-order valence-corrected chi connectivity index (χ1v) is 16.2. The van der Waals surface area contributed by atoms with Gasteiger partial charge >= 0.3 is 0 Å². The molecule has 1 N–H and O–H groups in total. The number of aromatic nitrogens is 3. The molecular formula is C34H48N6S2. The molecule has 0 bridgehead atoms. The van der Waals surface area contributed by atoms with Crippen LogP contribution in [0.5, 0.6) is 0 Å². The summed E-state index contributed by atoms with van der Waals surface area (Å²) in [6.07, 6.45) is 0. The van der Waals surface area contributed by atoms with Gasteiger partial charge in [0, 0.05) is 40.6 Å². The molecule has 0 unspecified atom stereocenters. The Balaban J connectivity index is 0.000000289. The van der Waals surface area contributed by atoms with Gasteiger partial charge in [-0.15, -0.1) is 0 Å². The molecule has 6 rings (SSSR count). The van der Waals surface area contributed by atoms with Crippen molar-refractivity contribution >= 4 is 70.1 Å². The predicted octanol–water partition coefficient (Wildman–Crippen LogP) is 10.1. The van der Waals surface area contributed by atoms with Crippen LogP contribution < -0.4 is 15.1 Å². The maximum Gasteiger partial charge on any atom is 0.185 e. The minimum absolute atomic E-state index is 0.911. The zero-order valence-corrected chi connectivity index (χ0v) is 28.8. The van der Waals surface area contributed by atoms with Crippen LogP contribution in [0.3, 0.4) is 0 Å². The molecule has 3 aromatic carbocycles. The second-order valence-corrected chi connectivity index (χ2v) is 10.4. The fraction of sp³-hybridized carbons (Fsp3) is 0.324.